The van der Waals surface area contributed by atoms with Crippen LogP contribution in [0.2, 0.25) is 0 Å². The largest absolute Gasteiger partial charge is 0.365 e. The summed E-state index contributed by atoms with van der Waals surface area (Å²) in [5, 5.41) is 0. The fraction of sp³-hybridized carbons (Fsp3) is 0.884. The average molecular weight is 739 g/mol. The Morgan fingerprint density at radius 3 is 1.65 bits per heavy atom. The molecule has 0 aliphatic carbocycles. The van der Waals surface area contributed by atoms with E-state index in [4.69, 9.17) is 19.6 Å². The summed E-state index contributed by atoms with van der Waals surface area (Å²) in [4.78, 5) is 62.7. The predicted molar refractivity (Wildman–Crippen MR) is 214 cm³/mol. The standard InChI is InChI=1S/C43H82N2O7/c1-8-13-14-15-16-17-19-24-31-38(32-25-21-22-27-35-43(48)52-50-40(11-4)12-5)45(41(46)33-28-30-36-44(6)7)37-29-23-18-20-26-34-42(47)51-49-39(9-2)10-3/h27,35,38-40H,8-26,28-34,36-37H2,1-7H3. The summed E-state index contributed by atoms with van der Waals surface area (Å²) < 4.78 is 0. The molecule has 0 aliphatic heterocycles. The highest BCUT2D eigenvalue weighted by molar-refractivity contribution is 5.81. The Morgan fingerprint density at radius 1 is 0.558 bits per heavy atom. The first-order valence-corrected chi connectivity index (χ1v) is 21.6. The number of rotatable bonds is 37. The molecule has 0 aromatic heterocycles. The van der Waals surface area contributed by atoms with Gasteiger partial charge in [0.25, 0.3) is 0 Å². The second kappa shape index (κ2) is 36.0. The summed E-state index contributed by atoms with van der Waals surface area (Å²) in [6.45, 7) is 12.1. The highest BCUT2D eigenvalue weighted by Gasteiger charge is 2.23. The normalized spacial score (nSPS) is 12.3. The minimum atomic E-state index is -0.462. The van der Waals surface area contributed by atoms with E-state index in [0.29, 0.717) is 18.7 Å². The van der Waals surface area contributed by atoms with E-state index >= 15 is 0 Å². The quantitative estimate of drug-likeness (QED) is 0.0269. The summed E-state index contributed by atoms with van der Waals surface area (Å²) in [5.41, 5.74) is 0. The third-order valence-electron chi connectivity index (χ3n) is 9.95. The van der Waals surface area contributed by atoms with Crippen LogP contribution in [0.4, 0.5) is 0 Å². The summed E-state index contributed by atoms with van der Waals surface area (Å²) in [6, 6.07) is 0.244. The summed E-state index contributed by atoms with van der Waals surface area (Å²) >= 11 is 0. The Kier molecular flexibility index (Phi) is 34.7. The van der Waals surface area contributed by atoms with Crippen molar-refractivity contribution in [2.75, 3.05) is 27.2 Å². The van der Waals surface area contributed by atoms with Gasteiger partial charge in [-0.05, 0) is 97.7 Å². The maximum absolute atomic E-state index is 13.8. The first kappa shape index (κ1) is 50.0. The van der Waals surface area contributed by atoms with Gasteiger partial charge >= 0.3 is 11.9 Å². The number of unbranched alkanes of at least 4 members (excludes halogenated alkanes) is 14. The van der Waals surface area contributed by atoms with E-state index in [1.165, 1.54) is 51.0 Å². The second-order valence-corrected chi connectivity index (χ2v) is 14.9. The van der Waals surface area contributed by atoms with Crippen molar-refractivity contribution in [2.24, 2.45) is 0 Å². The van der Waals surface area contributed by atoms with Crippen molar-refractivity contribution < 1.29 is 33.9 Å². The molecule has 0 saturated carbocycles. The number of nitrogens with zero attached hydrogens (tertiary/aromatic N) is 2. The van der Waals surface area contributed by atoms with Crippen LogP contribution in [0.15, 0.2) is 12.2 Å². The molecule has 306 valence electrons. The molecule has 0 aromatic rings. The zero-order chi connectivity index (χ0) is 38.7. The number of allylic oxidation sites excluding steroid dienone is 1. The fourth-order valence-corrected chi connectivity index (χ4v) is 6.39. The topological polar surface area (TPSA) is 94.6 Å². The molecule has 1 unspecified atom stereocenters. The van der Waals surface area contributed by atoms with Gasteiger partial charge in [-0.2, -0.15) is 9.78 Å². The van der Waals surface area contributed by atoms with Crippen molar-refractivity contribution in [3.63, 3.8) is 0 Å². The van der Waals surface area contributed by atoms with Crippen molar-refractivity contribution in [3.05, 3.63) is 12.2 Å². The number of amides is 1. The van der Waals surface area contributed by atoms with E-state index in [2.05, 4.69) is 30.8 Å². The lowest BCUT2D eigenvalue weighted by molar-refractivity contribution is -0.298. The van der Waals surface area contributed by atoms with E-state index in [9.17, 15) is 14.4 Å². The molecule has 52 heavy (non-hydrogen) atoms. The van der Waals surface area contributed by atoms with Crippen LogP contribution in [-0.2, 0) is 33.9 Å². The average Bonchev–Trinajstić information content (AvgIpc) is 3.13. The fourth-order valence-electron chi connectivity index (χ4n) is 6.39. The van der Waals surface area contributed by atoms with Gasteiger partial charge in [-0.3, -0.25) is 14.6 Å². The SMILES string of the molecule is CCCCCCCCCCC(CCCCC=CC(=O)OOC(CC)CC)N(CCCCCCCC(=O)OOC(CC)CC)C(=O)CCCCN(C)C. The van der Waals surface area contributed by atoms with E-state index in [-0.39, 0.29) is 24.2 Å². The van der Waals surface area contributed by atoms with Gasteiger partial charge < -0.3 is 9.80 Å². The van der Waals surface area contributed by atoms with Gasteiger partial charge in [0.1, 0.15) is 12.2 Å². The van der Waals surface area contributed by atoms with Gasteiger partial charge in [0.05, 0.1) is 0 Å². The molecule has 0 radical (unpaired) electrons. The van der Waals surface area contributed by atoms with Crippen LogP contribution in [0, 0.1) is 0 Å². The van der Waals surface area contributed by atoms with Gasteiger partial charge in [-0.1, -0.05) is 118 Å². The summed E-state index contributed by atoms with van der Waals surface area (Å²) in [6.07, 6.45) is 29.2. The van der Waals surface area contributed by atoms with Gasteiger partial charge in [0, 0.05) is 31.5 Å². The van der Waals surface area contributed by atoms with Crippen LogP contribution >= 0.6 is 0 Å². The lowest BCUT2D eigenvalue weighted by Crippen LogP contribution is -2.41. The predicted octanol–water partition coefficient (Wildman–Crippen LogP) is 11.2. The molecule has 1 atom stereocenters. The molecule has 0 N–H and O–H groups in total. The van der Waals surface area contributed by atoms with Crippen LogP contribution in [0.25, 0.3) is 0 Å². The minimum Gasteiger partial charge on any atom is -0.340 e. The molecule has 0 spiro atoms. The van der Waals surface area contributed by atoms with Crippen molar-refractivity contribution >= 4 is 17.8 Å². The molecule has 0 rings (SSSR count). The first-order valence-electron chi connectivity index (χ1n) is 21.6. The third kappa shape index (κ3) is 29.5. The number of carbonyl (C=O) groups is 3. The van der Waals surface area contributed by atoms with E-state index in [0.717, 1.165) is 122 Å². The monoisotopic (exact) mass is 739 g/mol. The van der Waals surface area contributed by atoms with Crippen LogP contribution in [-0.4, -0.2) is 73.1 Å². The molecular weight excluding hydrogens is 656 g/mol. The molecule has 9 nitrogen and oxygen atoms in total. The second-order valence-electron chi connectivity index (χ2n) is 14.9. The molecular formula is C43H82N2O7. The molecule has 9 heteroatoms. The zero-order valence-electron chi connectivity index (χ0n) is 34.9. The molecule has 0 aliphatic rings. The maximum atomic E-state index is 13.8. The Bertz CT molecular complexity index is 874. The smallest absolute Gasteiger partial charge is 0.340 e. The highest BCUT2D eigenvalue weighted by Crippen LogP contribution is 2.22. The maximum Gasteiger partial charge on any atom is 0.365 e. The van der Waals surface area contributed by atoms with Crippen molar-refractivity contribution in [3.8, 4) is 0 Å². The Morgan fingerprint density at radius 2 is 1.06 bits per heavy atom. The van der Waals surface area contributed by atoms with Crippen LogP contribution < -0.4 is 0 Å². The Balaban J connectivity index is 5.18. The minimum absolute atomic E-state index is 0.0332. The number of hydrogen-bond acceptors (Lipinski definition) is 8. The Labute approximate surface area is 320 Å². The van der Waals surface area contributed by atoms with Crippen molar-refractivity contribution in [1.82, 2.24) is 9.80 Å². The highest BCUT2D eigenvalue weighted by atomic mass is 17.2. The van der Waals surface area contributed by atoms with Gasteiger partial charge in [0.15, 0.2) is 0 Å². The van der Waals surface area contributed by atoms with E-state index < -0.39 is 5.97 Å². The number of hydrogen-bond donors (Lipinski definition) is 0. The van der Waals surface area contributed by atoms with Crippen LogP contribution in [0.3, 0.4) is 0 Å². The van der Waals surface area contributed by atoms with Crippen LogP contribution in [0.1, 0.15) is 202 Å². The van der Waals surface area contributed by atoms with Gasteiger partial charge in [0.2, 0.25) is 5.91 Å². The van der Waals surface area contributed by atoms with E-state index in [1.54, 1.807) is 0 Å². The molecule has 0 heterocycles. The van der Waals surface area contributed by atoms with Crippen molar-refractivity contribution in [2.45, 2.75) is 220 Å². The number of carbonyl (C=O) groups excluding carboxylic acids is 3. The molecule has 1 amide bonds. The van der Waals surface area contributed by atoms with Crippen LogP contribution in [0.5, 0.6) is 0 Å². The van der Waals surface area contributed by atoms with Gasteiger partial charge in [-0.15, -0.1) is 0 Å². The molecule has 0 aromatic carbocycles. The van der Waals surface area contributed by atoms with Gasteiger partial charge in [-0.25, -0.2) is 9.59 Å². The summed E-state index contributed by atoms with van der Waals surface area (Å²) in [7, 11) is 4.16. The Hall–Kier alpha value is -1.97. The lowest BCUT2D eigenvalue weighted by atomic mass is 9.98. The molecule has 0 saturated heterocycles. The van der Waals surface area contributed by atoms with Crippen molar-refractivity contribution in [1.29, 1.82) is 0 Å². The van der Waals surface area contributed by atoms with E-state index in [1.807, 2.05) is 33.8 Å². The molecule has 0 bridgehead atoms. The first-order chi connectivity index (χ1) is 25.2. The lowest BCUT2D eigenvalue weighted by Gasteiger charge is -2.33. The molecule has 0 fully saturated rings. The zero-order valence-corrected chi connectivity index (χ0v) is 34.9. The summed E-state index contributed by atoms with van der Waals surface area (Å²) in [5.74, 6) is -0.455. The third-order valence-corrected chi connectivity index (χ3v) is 9.95.